The number of hydrogen-bond donors (Lipinski definition) is 2. The number of rotatable bonds is 5. The molecule has 7 nitrogen and oxygen atoms in total. The average Bonchev–Trinajstić information content (AvgIpc) is 2.45. The van der Waals surface area contributed by atoms with Gasteiger partial charge in [-0.15, -0.1) is 0 Å². The average molecular weight is 268 g/mol. The summed E-state index contributed by atoms with van der Waals surface area (Å²) in [5.74, 6) is -0.360. The Morgan fingerprint density at radius 3 is 2.37 bits per heavy atom. The monoisotopic (exact) mass is 268 g/mol. The van der Waals surface area contributed by atoms with Gasteiger partial charge in [0, 0.05) is 0 Å². The van der Waals surface area contributed by atoms with Crippen LogP contribution in [-0.2, 0) is 9.53 Å². The van der Waals surface area contributed by atoms with Gasteiger partial charge in [-0.3, -0.25) is 4.79 Å². The van der Waals surface area contributed by atoms with Crippen molar-refractivity contribution in [3.63, 3.8) is 0 Å². The zero-order valence-corrected chi connectivity index (χ0v) is 11.0. The van der Waals surface area contributed by atoms with Gasteiger partial charge in [-0.25, -0.2) is 4.79 Å². The second kappa shape index (κ2) is 6.60. The Bertz CT molecular complexity index is 487. The summed E-state index contributed by atoms with van der Waals surface area (Å²) in [4.78, 5) is 22.9. The highest BCUT2D eigenvalue weighted by Crippen LogP contribution is 2.36. The number of hydrogen-bond acceptors (Lipinski definition) is 6. The molecule has 0 fully saturated rings. The summed E-state index contributed by atoms with van der Waals surface area (Å²) in [5, 5.41) is 2.53. The van der Waals surface area contributed by atoms with Crippen molar-refractivity contribution >= 4 is 17.6 Å². The fourth-order valence-electron chi connectivity index (χ4n) is 1.49. The lowest BCUT2D eigenvalue weighted by molar-refractivity contribution is -0.114. The van der Waals surface area contributed by atoms with Crippen LogP contribution in [0, 0.1) is 0 Å². The molecule has 0 saturated heterocycles. The molecule has 0 aromatic heterocycles. The molecule has 0 atom stereocenters. The molecule has 19 heavy (non-hydrogen) atoms. The summed E-state index contributed by atoms with van der Waals surface area (Å²) in [7, 11) is 4.11. The lowest BCUT2D eigenvalue weighted by Gasteiger charge is -2.14. The van der Waals surface area contributed by atoms with Crippen LogP contribution in [-0.4, -0.2) is 39.8 Å². The summed E-state index contributed by atoms with van der Waals surface area (Å²) >= 11 is 0. The predicted molar refractivity (Wildman–Crippen MR) is 68.6 cm³/mol. The van der Waals surface area contributed by atoms with E-state index >= 15 is 0 Å². The molecule has 3 N–H and O–H groups in total. The molecule has 0 aliphatic rings. The van der Waals surface area contributed by atoms with Crippen LogP contribution in [0.2, 0.25) is 0 Å². The molecule has 0 spiro atoms. The third-order valence-corrected chi connectivity index (χ3v) is 2.36. The molecule has 0 aliphatic heterocycles. The highest BCUT2D eigenvalue weighted by atomic mass is 16.5. The first-order chi connectivity index (χ1) is 9.07. The molecule has 1 aromatic carbocycles. The second-order valence-electron chi connectivity index (χ2n) is 3.50. The second-order valence-corrected chi connectivity index (χ2v) is 3.50. The lowest BCUT2D eigenvalue weighted by Crippen LogP contribution is -2.22. The minimum atomic E-state index is -0.552. The minimum Gasteiger partial charge on any atom is -0.493 e. The van der Waals surface area contributed by atoms with E-state index in [0.717, 1.165) is 0 Å². The molecule has 0 saturated carbocycles. The zero-order chi connectivity index (χ0) is 14.4. The van der Waals surface area contributed by atoms with Crippen molar-refractivity contribution in [2.45, 2.75) is 0 Å². The van der Waals surface area contributed by atoms with Crippen molar-refractivity contribution in [3.8, 4) is 11.5 Å². The van der Waals surface area contributed by atoms with Gasteiger partial charge in [0.1, 0.15) is 0 Å². The van der Waals surface area contributed by atoms with Gasteiger partial charge in [0.25, 0.3) is 0 Å². The van der Waals surface area contributed by atoms with E-state index in [2.05, 4.69) is 10.1 Å². The van der Waals surface area contributed by atoms with Crippen LogP contribution in [0.3, 0.4) is 0 Å². The van der Waals surface area contributed by atoms with Crippen LogP contribution < -0.4 is 20.5 Å². The topological polar surface area (TPSA) is 99.9 Å². The van der Waals surface area contributed by atoms with Crippen LogP contribution in [0.4, 0.5) is 5.69 Å². The Labute approximate surface area is 110 Å². The van der Waals surface area contributed by atoms with Crippen molar-refractivity contribution in [1.82, 2.24) is 0 Å². The quantitative estimate of drug-likeness (QED) is 0.749. The third-order valence-electron chi connectivity index (χ3n) is 2.36. The molecule has 0 bridgehead atoms. The highest BCUT2D eigenvalue weighted by molar-refractivity contribution is 5.97. The van der Waals surface area contributed by atoms with E-state index in [4.69, 9.17) is 15.2 Å². The van der Waals surface area contributed by atoms with E-state index in [0.29, 0.717) is 11.5 Å². The Balaban J connectivity index is 3.30. The minimum absolute atomic E-state index is 0.187. The number of anilines is 1. The van der Waals surface area contributed by atoms with Gasteiger partial charge in [0.2, 0.25) is 5.91 Å². The first kappa shape index (κ1) is 14.8. The van der Waals surface area contributed by atoms with Gasteiger partial charge in [0.15, 0.2) is 11.5 Å². The van der Waals surface area contributed by atoms with Crippen LogP contribution in [0.1, 0.15) is 10.4 Å². The summed E-state index contributed by atoms with van der Waals surface area (Å²) < 4.78 is 14.9. The number of benzene rings is 1. The SMILES string of the molecule is COC(=O)c1cc(NC(=O)CN)c(OC)c(OC)c1. The van der Waals surface area contributed by atoms with E-state index in [-0.39, 0.29) is 17.8 Å². The summed E-state index contributed by atoms with van der Waals surface area (Å²) in [5.41, 5.74) is 5.75. The lowest BCUT2D eigenvalue weighted by atomic mass is 10.1. The highest BCUT2D eigenvalue weighted by Gasteiger charge is 2.17. The Morgan fingerprint density at radius 1 is 1.21 bits per heavy atom. The van der Waals surface area contributed by atoms with Gasteiger partial charge >= 0.3 is 5.97 Å². The standard InChI is InChI=1S/C12H16N2O5/c1-17-9-5-7(12(16)19-3)4-8(11(9)18-2)14-10(15)6-13/h4-5H,6,13H2,1-3H3,(H,14,15). The smallest absolute Gasteiger partial charge is 0.338 e. The Morgan fingerprint density at radius 2 is 1.89 bits per heavy atom. The van der Waals surface area contributed by atoms with E-state index in [1.807, 2.05) is 0 Å². The molecule has 104 valence electrons. The molecule has 0 unspecified atom stereocenters. The van der Waals surface area contributed by atoms with Crippen LogP contribution in [0.5, 0.6) is 11.5 Å². The molecule has 0 heterocycles. The molecule has 0 radical (unpaired) electrons. The van der Waals surface area contributed by atoms with E-state index in [1.54, 1.807) is 0 Å². The van der Waals surface area contributed by atoms with Crippen molar-refractivity contribution in [1.29, 1.82) is 0 Å². The van der Waals surface area contributed by atoms with Crippen molar-refractivity contribution in [3.05, 3.63) is 17.7 Å². The van der Waals surface area contributed by atoms with Gasteiger partial charge in [-0.05, 0) is 12.1 Å². The first-order valence-electron chi connectivity index (χ1n) is 5.41. The summed E-state index contributed by atoms with van der Waals surface area (Å²) in [6, 6.07) is 2.89. The van der Waals surface area contributed by atoms with Crippen LogP contribution in [0.25, 0.3) is 0 Å². The number of amides is 1. The normalized spacial score (nSPS) is 9.68. The number of methoxy groups -OCH3 is 3. The molecule has 7 heteroatoms. The number of carbonyl (C=O) groups is 2. The van der Waals surface area contributed by atoms with Crippen molar-refractivity contribution < 1.29 is 23.8 Å². The van der Waals surface area contributed by atoms with Crippen LogP contribution in [0.15, 0.2) is 12.1 Å². The van der Waals surface area contributed by atoms with Crippen molar-refractivity contribution in [2.75, 3.05) is 33.2 Å². The van der Waals surface area contributed by atoms with Gasteiger partial charge in [0.05, 0.1) is 39.1 Å². The number of nitrogens with one attached hydrogen (secondary N) is 1. The molecular formula is C12H16N2O5. The zero-order valence-electron chi connectivity index (χ0n) is 11.0. The summed E-state index contributed by atoms with van der Waals surface area (Å²) in [6.45, 7) is -0.187. The maximum atomic E-state index is 11.5. The Kier molecular flexibility index (Phi) is 5.13. The third kappa shape index (κ3) is 3.35. The van der Waals surface area contributed by atoms with E-state index < -0.39 is 11.9 Å². The largest absolute Gasteiger partial charge is 0.493 e. The molecular weight excluding hydrogens is 252 g/mol. The summed E-state index contributed by atoms with van der Waals surface area (Å²) in [6.07, 6.45) is 0. The van der Waals surface area contributed by atoms with Gasteiger partial charge < -0.3 is 25.3 Å². The molecule has 1 rings (SSSR count). The predicted octanol–water partition coefficient (Wildman–Crippen LogP) is 0.388. The van der Waals surface area contributed by atoms with Crippen LogP contribution >= 0.6 is 0 Å². The first-order valence-corrected chi connectivity index (χ1v) is 5.41. The number of esters is 1. The van der Waals surface area contributed by atoms with Gasteiger partial charge in [-0.2, -0.15) is 0 Å². The fourth-order valence-corrected chi connectivity index (χ4v) is 1.49. The number of ether oxygens (including phenoxy) is 3. The Hall–Kier alpha value is -2.28. The van der Waals surface area contributed by atoms with E-state index in [1.165, 1.54) is 33.5 Å². The molecule has 1 aromatic rings. The maximum absolute atomic E-state index is 11.5. The number of carbonyl (C=O) groups excluding carboxylic acids is 2. The molecule has 1 amide bonds. The van der Waals surface area contributed by atoms with Crippen molar-refractivity contribution in [2.24, 2.45) is 5.73 Å². The fraction of sp³-hybridized carbons (Fsp3) is 0.333. The van der Waals surface area contributed by atoms with E-state index in [9.17, 15) is 9.59 Å². The van der Waals surface area contributed by atoms with Gasteiger partial charge in [-0.1, -0.05) is 0 Å². The maximum Gasteiger partial charge on any atom is 0.338 e. The molecule has 0 aliphatic carbocycles. The number of nitrogens with two attached hydrogens (primary N) is 1.